The number of nitrogens with one attached hydrogen (secondary N) is 1. The Morgan fingerprint density at radius 3 is 2.28 bits per heavy atom. The Morgan fingerprint density at radius 2 is 1.72 bits per heavy atom. The number of fused-ring (bicyclic) bond motifs is 1. The number of imide groups is 1. The van der Waals surface area contributed by atoms with E-state index in [1.54, 1.807) is 24.3 Å². The van der Waals surface area contributed by atoms with Crippen molar-refractivity contribution in [3.05, 3.63) is 35.4 Å². The van der Waals surface area contributed by atoms with Gasteiger partial charge in [0.2, 0.25) is 5.91 Å². The fourth-order valence-electron chi connectivity index (χ4n) is 3.13. The highest BCUT2D eigenvalue weighted by Gasteiger charge is 2.34. The van der Waals surface area contributed by atoms with Crippen molar-refractivity contribution in [2.75, 3.05) is 13.1 Å². The van der Waals surface area contributed by atoms with E-state index >= 15 is 0 Å². The fraction of sp³-hybridized carbons (Fsp3) is 0.550. The third kappa shape index (κ3) is 4.91. The Balaban J connectivity index is 1.73. The number of rotatable bonds is 10. The normalized spacial score (nSPS) is 14.6. The average Bonchev–Trinajstić information content (AvgIpc) is 2.87. The van der Waals surface area contributed by atoms with Crippen LogP contribution in [-0.2, 0) is 4.79 Å². The first-order valence-corrected chi connectivity index (χ1v) is 9.30. The molecule has 1 atom stereocenters. The second-order valence-corrected chi connectivity index (χ2v) is 6.63. The molecule has 1 aromatic carbocycles. The van der Waals surface area contributed by atoms with Crippen LogP contribution < -0.4 is 5.32 Å². The smallest absolute Gasteiger partial charge is 0.261 e. The third-order valence-corrected chi connectivity index (χ3v) is 4.79. The quantitative estimate of drug-likeness (QED) is 0.662. The molecule has 136 valence electrons. The highest BCUT2D eigenvalue weighted by molar-refractivity contribution is 6.21. The molecule has 1 heterocycles. The van der Waals surface area contributed by atoms with E-state index in [1.165, 1.54) is 17.7 Å². The largest absolute Gasteiger partial charge is 0.356 e. The van der Waals surface area contributed by atoms with Crippen molar-refractivity contribution in [1.82, 2.24) is 10.2 Å². The molecule has 1 aromatic rings. The molecule has 0 radical (unpaired) electrons. The minimum absolute atomic E-state index is 0.00782. The first-order chi connectivity index (χ1) is 12.1. The first-order valence-electron chi connectivity index (χ1n) is 9.30. The summed E-state index contributed by atoms with van der Waals surface area (Å²) < 4.78 is 0. The van der Waals surface area contributed by atoms with Crippen LogP contribution in [0.5, 0.6) is 0 Å². The number of hydrogen-bond donors (Lipinski definition) is 1. The molecule has 0 saturated carbocycles. The summed E-state index contributed by atoms with van der Waals surface area (Å²) >= 11 is 0. The number of hydrogen-bond acceptors (Lipinski definition) is 3. The van der Waals surface area contributed by atoms with Crippen LogP contribution in [0.2, 0.25) is 0 Å². The second kappa shape index (κ2) is 9.35. The Kier molecular flexibility index (Phi) is 7.16. The zero-order chi connectivity index (χ0) is 18.2. The van der Waals surface area contributed by atoms with Crippen LogP contribution in [0.15, 0.2) is 24.3 Å². The van der Waals surface area contributed by atoms with Crippen molar-refractivity contribution in [3.8, 4) is 0 Å². The SMILES string of the molecule is CCCC[C@@H](CC)CNC(=O)CCCN1C(=O)c2ccccc2C1=O. The zero-order valence-electron chi connectivity index (χ0n) is 15.2. The summed E-state index contributed by atoms with van der Waals surface area (Å²) in [4.78, 5) is 37.7. The summed E-state index contributed by atoms with van der Waals surface area (Å²) in [7, 11) is 0. The summed E-state index contributed by atoms with van der Waals surface area (Å²) in [6.07, 6.45) is 5.39. The van der Waals surface area contributed by atoms with Crippen LogP contribution in [0.1, 0.15) is 73.1 Å². The van der Waals surface area contributed by atoms with E-state index in [9.17, 15) is 14.4 Å². The van der Waals surface area contributed by atoms with E-state index in [-0.39, 0.29) is 24.3 Å². The Hall–Kier alpha value is -2.17. The Bertz CT molecular complexity index is 592. The van der Waals surface area contributed by atoms with E-state index in [2.05, 4.69) is 19.2 Å². The summed E-state index contributed by atoms with van der Waals surface area (Å²) in [5, 5.41) is 2.98. The molecule has 0 aliphatic carbocycles. The average molecular weight is 344 g/mol. The van der Waals surface area contributed by atoms with Gasteiger partial charge in [-0.05, 0) is 30.9 Å². The van der Waals surface area contributed by atoms with Gasteiger partial charge in [-0.1, -0.05) is 45.2 Å². The third-order valence-electron chi connectivity index (χ3n) is 4.79. The van der Waals surface area contributed by atoms with Gasteiger partial charge in [-0.3, -0.25) is 19.3 Å². The molecular formula is C20H28N2O3. The van der Waals surface area contributed by atoms with Gasteiger partial charge in [-0.25, -0.2) is 0 Å². The fourth-order valence-corrected chi connectivity index (χ4v) is 3.13. The predicted octanol–water partition coefficient (Wildman–Crippen LogP) is 3.40. The zero-order valence-corrected chi connectivity index (χ0v) is 15.2. The topological polar surface area (TPSA) is 66.5 Å². The molecule has 3 amide bonds. The highest BCUT2D eigenvalue weighted by atomic mass is 16.2. The van der Waals surface area contributed by atoms with Crippen LogP contribution in [0.3, 0.4) is 0 Å². The molecule has 0 spiro atoms. The number of carbonyl (C=O) groups excluding carboxylic acids is 3. The first kappa shape index (κ1) is 19.2. The van der Waals surface area contributed by atoms with E-state index in [0.717, 1.165) is 12.8 Å². The molecule has 1 aliphatic rings. The van der Waals surface area contributed by atoms with Gasteiger partial charge in [0.1, 0.15) is 0 Å². The van der Waals surface area contributed by atoms with Crippen molar-refractivity contribution < 1.29 is 14.4 Å². The maximum absolute atomic E-state index is 12.2. The van der Waals surface area contributed by atoms with Gasteiger partial charge in [0, 0.05) is 19.5 Å². The lowest BCUT2D eigenvalue weighted by molar-refractivity contribution is -0.121. The minimum atomic E-state index is -0.258. The van der Waals surface area contributed by atoms with Crippen molar-refractivity contribution in [2.24, 2.45) is 5.92 Å². The molecule has 0 unspecified atom stereocenters. The monoisotopic (exact) mass is 344 g/mol. The molecule has 0 bridgehead atoms. The molecule has 0 aromatic heterocycles. The predicted molar refractivity (Wildman–Crippen MR) is 97.4 cm³/mol. The molecule has 1 N–H and O–H groups in total. The molecule has 5 nitrogen and oxygen atoms in total. The number of carbonyl (C=O) groups is 3. The number of amides is 3. The van der Waals surface area contributed by atoms with Gasteiger partial charge in [0.15, 0.2) is 0 Å². The summed E-state index contributed by atoms with van der Waals surface area (Å²) in [5.41, 5.74) is 0.914. The number of nitrogens with zero attached hydrogens (tertiary/aromatic N) is 1. The van der Waals surface area contributed by atoms with E-state index in [1.807, 2.05) is 0 Å². The van der Waals surface area contributed by atoms with Gasteiger partial charge in [-0.2, -0.15) is 0 Å². The van der Waals surface area contributed by atoms with Gasteiger partial charge >= 0.3 is 0 Å². The van der Waals surface area contributed by atoms with E-state index in [0.29, 0.717) is 36.4 Å². The van der Waals surface area contributed by atoms with Crippen molar-refractivity contribution in [1.29, 1.82) is 0 Å². The van der Waals surface area contributed by atoms with Crippen LogP contribution in [0.25, 0.3) is 0 Å². The van der Waals surface area contributed by atoms with Crippen LogP contribution in [0.4, 0.5) is 0 Å². The van der Waals surface area contributed by atoms with E-state index < -0.39 is 0 Å². The Labute approximate surface area is 149 Å². The maximum Gasteiger partial charge on any atom is 0.261 e. The van der Waals surface area contributed by atoms with Crippen molar-refractivity contribution >= 4 is 17.7 Å². The van der Waals surface area contributed by atoms with Crippen LogP contribution in [-0.4, -0.2) is 35.7 Å². The summed E-state index contributed by atoms with van der Waals surface area (Å²) in [6, 6.07) is 6.85. The lowest BCUT2D eigenvalue weighted by atomic mass is 9.99. The van der Waals surface area contributed by atoms with Gasteiger partial charge in [0.05, 0.1) is 11.1 Å². The number of unbranched alkanes of at least 4 members (excludes halogenated alkanes) is 1. The maximum atomic E-state index is 12.2. The van der Waals surface area contributed by atoms with Gasteiger partial charge in [-0.15, -0.1) is 0 Å². The Morgan fingerprint density at radius 1 is 1.08 bits per heavy atom. The standard InChI is InChI=1S/C20H28N2O3/c1-3-5-9-15(4-2)14-21-18(23)12-8-13-22-19(24)16-10-6-7-11-17(16)20(22)25/h6-7,10-11,15H,3-5,8-9,12-14H2,1-2H3,(H,21,23)/t15-/m1/s1. The molecule has 1 aliphatic heterocycles. The summed E-state index contributed by atoms with van der Waals surface area (Å²) in [5.74, 6) is 0.00457. The molecule has 2 rings (SSSR count). The molecule has 0 saturated heterocycles. The number of benzene rings is 1. The lowest BCUT2D eigenvalue weighted by Gasteiger charge is -2.16. The molecular weight excluding hydrogens is 316 g/mol. The van der Waals surface area contributed by atoms with Crippen LogP contribution >= 0.6 is 0 Å². The van der Waals surface area contributed by atoms with Gasteiger partial charge < -0.3 is 5.32 Å². The van der Waals surface area contributed by atoms with Crippen molar-refractivity contribution in [2.45, 2.75) is 52.4 Å². The van der Waals surface area contributed by atoms with E-state index in [4.69, 9.17) is 0 Å². The highest BCUT2D eigenvalue weighted by Crippen LogP contribution is 2.22. The van der Waals surface area contributed by atoms with Crippen molar-refractivity contribution in [3.63, 3.8) is 0 Å². The summed E-state index contributed by atoms with van der Waals surface area (Å²) in [6.45, 7) is 5.31. The molecule has 5 heteroatoms. The van der Waals surface area contributed by atoms with Gasteiger partial charge in [0.25, 0.3) is 11.8 Å². The second-order valence-electron chi connectivity index (χ2n) is 6.63. The van der Waals surface area contributed by atoms with Crippen LogP contribution in [0, 0.1) is 5.92 Å². The lowest BCUT2D eigenvalue weighted by Crippen LogP contribution is -2.33. The minimum Gasteiger partial charge on any atom is -0.356 e. The molecule has 25 heavy (non-hydrogen) atoms. The molecule has 0 fully saturated rings.